The molecular weight excluding hydrogens is 191 g/mol. The minimum Gasteiger partial charge on any atom is -0.356 e. The number of halogens is 1. The maximum atomic E-state index is 13.5. The summed E-state index contributed by atoms with van der Waals surface area (Å²) in [5.74, 6) is -0.175. The summed E-state index contributed by atoms with van der Waals surface area (Å²) < 4.78 is 13.5. The molecule has 0 bridgehead atoms. The van der Waals surface area contributed by atoms with E-state index in [4.69, 9.17) is 0 Å². The lowest BCUT2D eigenvalue weighted by atomic mass is 10.1. The maximum Gasteiger partial charge on any atom is 0.147 e. The van der Waals surface area contributed by atoms with Gasteiger partial charge in [0.1, 0.15) is 5.82 Å². The highest BCUT2D eigenvalue weighted by Crippen LogP contribution is 2.24. The molecule has 2 nitrogen and oxygen atoms in total. The fourth-order valence-electron chi connectivity index (χ4n) is 1.94. The average Bonchev–Trinajstić information content (AvgIpc) is 2.54. The van der Waals surface area contributed by atoms with E-state index >= 15 is 0 Å². The number of likely N-dealkylation sites (N-methyl/N-ethyl adjacent to an activating group) is 1. The summed E-state index contributed by atoms with van der Waals surface area (Å²) in [5, 5.41) is 4.11. The van der Waals surface area contributed by atoms with Gasteiger partial charge >= 0.3 is 0 Å². The van der Waals surface area contributed by atoms with Gasteiger partial charge in [0, 0.05) is 11.1 Å². The third-order valence-corrected chi connectivity index (χ3v) is 2.73. The van der Waals surface area contributed by atoms with Crippen LogP contribution in [-0.2, 0) is 6.42 Å². The predicted molar refractivity (Wildman–Crippen MR) is 60.6 cm³/mol. The van der Waals surface area contributed by atoms with Crippen molar-refractivity contribution >= 4 is 10.9 Å². The molecule has 0 aliphatic rings. The number of rotatable bonds is 3. The van der Waals surface area contributed by atoms with Crippen molar-refractivity contribution in [2.24, 2.45) is 0 Å². The highest BCUT2D eigenvalue weighted by atomic mass is 19.1. The van der Waals surface area contributed by atoms with Crippen molar-refractivity contribution in [2.45, 2.75) is 13.3 Å². The monoisotopic (exact) mass is 206 g/mol. The first kappa shape index (κ1) is 10.2. The Hall–Kier alpha value is -1.35. The van der Waals surface area contributed by atoms with Crippen molar-refractivity contribution in [2.75, 3.05) is 13.6 Å². The molecule has 0 saturated heterocycles. The quantitative estimate of drug-likeness (QED) is 0.792. The molecule has 0 spiro atoms. The minimum absolute atomic E-state index is 0.175. The molecule has 0 fully saturated rings. The zero-order valence-electron chi connectivity index (χ0n) is 9.02. The van der Waals surface area contributed by atoms with E-state index in [1.807, 2.05) is 20.0 Å². The number of nitrogens with one attached hydrogen (secondary N) is 2. The van der Waals surface area contributed by atoms with Gasteiger partial charge < -0.3 is 10.3 Å². The van der Waals surface area contributed by atoms with E-state index in [1.54, 1.807) is 6.07 Å². The second kappa shape index (κ2) is 4.03. The van der Waals surface area contributed by atoms with E-state index in [-0.39, 0.29) is 5.82 Å². The van der Waals surface area contributed by atoms with Crippen LogP contribution in [0.15, 0.2) is 18.2 Å². The molecule has 3 heteroatoms. The lowest BCUT2D eigenvalue weighted by Gasteiger charge is -2.00. The second-order valence-electron chi connectivity index (χ2n) is 3.74. The standard InChI is InChI=1S/C12H15FN2/c1-8-9(6-7-14-2)10-4-3-5-11(13)12(10)15-8/h3-5,14-15H,6-7H2,1-2H3. The zero-order valence-corrected chi connectivity index (χ0v) is 9.02. The molecule has 0 amide bonds. The summed E-state index contributed by atoms with van der Waals surface area (Å²) in [5.41, 5.74) is 2.89. The van der Waals surface area contributed by atoms with Gasteiger partial charge in [-0.2, -0.15) is 0 Å². The Labute approximate surface area is 88.5 Å². The normalized spacial score (nSPS) is 11.1. The summed E-state index contributed by atoms with van der Waals surface area (Å²) in [6.45, 7) is 2.90. The lowest BCUT2D eigenvalue weighted by molar-refractivity contribution is 0.637. The summed E-state index contributed by atoms with van der Waals surface area (Å²) in [6, 6.07) is 5.21. The third kappa shape index (κ3) is 1.75. The van der Waals surface area contributed by atoms with E-state index in [0.717, 1.165) is 24.0 Å². The van der Waals surface area contributed by atoms with E-state index < -0.39 is 0 Å². The fraction of sp³-hybridized carbons (Fsp3) is 0.333. The van der Waals surface area contributed by atoms with Gasteiger partial charge in [-0.1, -0.05) is 12.1 Å². The van der Waals surface area contributed by atoms with Crippen LogP contribution in [0.1, 0.15) is 11.3 Å². The SMILES string of the molecule is CNCCc1c(C)[nH]c2c(F)cccc12. The summed E-state index contributed by atoms with van der Waals surface area (Å²) >= 11 is 0. The molecule has 0 radical (unpaired) electrons. The van der Waals surface area contributed by atoms with Crippen molar-refractivity contribution in [1.82, 2.24) is 10.3 Å². The van der Waals surface area contributed by atoms with Crippen molar-refractivity contribution in [3.8, 4) is 0 Å². The van der Waals surface area contributed by atoms with E-state index in [0.29, 0.717) is 5.52 Å². The number of H-pyrrole nitrogens is 1. The van der Waals surface area contributed by atoms with E-state index in [1.165, 1.54) is 11.6 Å². The van der Waals surface area contributed by atoms with Gasteiger partial charge in [-0.25, -0.2) is 4.39 Å². The zero-order chi connectivity index (χ0) is 10.8. The highest BCUT2D eigenvalue weighted by molar-refractivity contribution is 5.85. The second-order valence-corrected chi connectivity index (χ2v) is 3.74. The van der Waals surface area contributed by atoms with Gasteiger partial charge in [0.15, 0.2) is 0 Å². The number of hydrogen-bond donors (Lipinski definition) is 2. The largest absolute Gasteiger partial charge is 0.356 e. The van der Waals surface area contributed by atoms with E-state index in [9.17, 15) is 4.39 Å². The molecule has 2 N–H and O–H groups in total. The summed E-state index contributed by atoms with van der Waals surface area (Å²) in [6.07, 6.45) is 0.922. The van der Waals surface area contributed by atoms with Crippen molar-refractivity contribution in [3.05, 3.63) is 35.3 Å². The topological polar surface area (TPSA) is 27.8 Å². The Morgan fingerprint density at radius 1 is 1.40 bits per heavy atom. The Kier molecular flexibility index (Phi) is 2.73. The number of aryl methyl sites for hydroxylation is 1. The number of hydrogen-bond acceptors (Lipinski definition) is 1. The Balaban J connectivity index is 2.53. The van der Waals surface area contributed by atoms with Gasteiger partial charge in [0.05, 0.1) is 5.52 Å². The van der Waals surface area contributed by atoms with Gasteiger partial charge in [0.25, 0.3) is 0 Å². The maximum absolute atomic E-state index is 13.5. The van der Waals surface area contributed by atoms with E-state index in [2.05, 4.69) is 10.3 Å². The molecule has 0 aliphatic heterocycles. The van der Waals surface area contributed by atoms with Crippen molar-refractivity contribution in [3.63, 3.8) is 0 Å². The van der Waals surface area contributed by atoms with Crippen molar-refractivity contribution in [1.29, 1.82) is 0 Å². The first-order chi connectivity index (χ1) is 7.24. The summed E-state index contributed by atoms with van der Waals surface area (Å²) in [4.78, 5) is 3.10. The fourth-order valence-corrected chi connectivity index (χ4v) is 1.94. The lowest BCUT2D eigenvalue weighted by Crippen LogP contribution is -2.10. The highest BCUT2D eigenvalue weighted by Gasteiger charge is 2.10. The Morgan fingerprint density at radius 2 is 2.20 bits per heavy atom. The number of benzene rings is 1. The Bertz CT molecular complexity index is 474. The molecule has 2 aromatic rings. The molecule has 80 valence electrons. The molecule has 15 heavy (non-hydrogen) atoms. The van der Waals surface area contributed by atoms with Crippen LogP contribution in [0, 0.1) is 12.7 Å². The number of para-hydroxylation sites is 1. The van der Waals surface area contributed by atoms with Crippen LogP contribution < -0.4 is 5.32 Å². The molecular formula is C12H15FN2. The van der Waals surface area contributed by atoms with Crippen LogP contribution in [0.25, 0.3) is 10.9 Å². The molecule has 0 atom stereocenters. The van der Waals surface area contributed by atoms with Crippen LogP contribution in [-0.4, -0.2) is 18.6 Å². The number of fused-ring (bicyclic) bond motifs is 1. The minimum atomic E-state index is -0.175. The van der Waals surface area contributed by atoms with Crippen LogP contribution in [0.5, 0.6) is 0 Å². The Morgan fingerprint density at radius 3 is 2.93 bits per heavy atom. The molecule has 0 aliphatic carbocycles. The molecule has 0 saturated carbocycles. The van der Waals surface area contributed by atoms with Gasteiger partial charge in [-0.15, -0.1) is 0 Å². The third-order valence-electron chi connectivity index (χ3n) is 2.73. The van der Waals surface area contributed by atoms with Crippen LogP contribution in [0.2, 0.25) is 0 Å². The molecule has 2 rings (SSSR count). The van der Waals surface area contributed by atoms with Gasteiger partial charge in [-0.3, -0.25) is 0 Å². The molecule has 1 aromatic carbocycles. The van der Waals surface area contributed by atoms with Crippen molar-refractivity contribution < 1.29 is 4.39 Å². The van der Waals surface area contributed by atoms with Crippen LogP contribution in [0.3, 0.4) is 0 Å². The molecule has 0 unspecified atom stereocenters. The summed E-state index contributed by atoms with van der Waals surface area (Å²) in [7, 11) is 1.92. The average molecular weight is 206 g/mol. The first-order valence-corrected chi connectivity index (χ1v) is 5.14. The smallest absolute Gasteiger partial charge is 0.147 e. The van der Waals surface area contributed by atoms with Gasteiger partial charge in [0.2, 0.25) is 0 Å². The van der Waals surface area contributed by atoms with Crippen LogP contribution >= 0.6 is 0 Å². The van der Waals surface area contributed by atoms with Crippen LogP contribution in [0.4, 0.5) is 4.39 Å². The molecule has 1 heterocycles. The predicted octanol–water partition coefficient (Wildman–Crippen LogP) is 2.38. The van der Waals surface area contributed by atoms with Gasteiger partial charge in [-0.05, 0) is 38.6 Å². The number of aromatic nitrogens is 1. The first-order valence-electron chi connectivity index (χ1n) is 5.14. The molecule has 1 aromatic heterocycles. The number of aromatic amines is 1.